The SMILES string of the molecule is COC(=O)[C@H](Cc1c(Cl)cccc1Cl)NC(=O)Cc1cccc(C(F)(F)F)c1. The summed E-state index contributed by atoms with van der Waals surface area (Å²) in [5.74, 6) is -1.37. The Morgan fingerprint density at radius 3 is 2.29 bits per heavy atom. The van der Waals surface area contributed by atoms with Gasteiger partial charge in [-0.2, -0.15) is 13.2 Å². The van der Waals surface area contributed by atoms with Crippen LogP contribution in [-0.4, -0.2) is 25.0 Å². The van der Waals surface area contributed by atoms with Crippen molar-refractivity contribution in [3.8, 4) is 0 Å². The number of ether oxygens (including phenoxy) is 1. The first-order valence-electron chi connectivity index (χ1n) is 8.08. The van der Waals surface area contributed by atoms with Crippen molar-refractivity contribution in [1.82, 2.24) is 5.32 Å². The molecule has 150 valence electrons. The van der Waals surface area contributed by atoms with Crippen LogP contribution in [-0.2, 0) is 33.3 Å². The highest BCUT2D eigenvalue weighted by Crippen LogP contribution is 2.29. The van der Waals surface area contributed by atoms with Gasteiger partial charge in [0.25, 0.3) is 0 Å². The van der Waals surface area contributed by atoms with Gasteiger partial charge in [-0.25, -0.2) is 4.79 Å². The van der Waals surface area contributed by atoms with Crippen molar-refractivity contribution in [2.45, 2.75) is 25.1 Å². The number of rotatable bonds is 6. The molecule has 0 aromatic heterocycles. The van der Waals surface area contributed by atoms with Crippen LogP contribution in [0.25, 0.3) is 0 Å². The number of amides is 1. The molecular weight excluding hydrogens is 418 g/mol. The Kier molecular flexibility index (Phi) is 7.32. The fourth-order valence-corrected chi connectivity index (χ4v) is 3.11. The first-order valence-corrected chi connectivity index (χ1v) is 8.83. The fraction of sp³-hybridized carbons (Fsp3) is 0.263. The predicted octanol–water partition coefficient (Wildman–Crippen LogP) is 4.46. The van der Waals surface area contributed by atoms with E-state index in [0.717, 1.165) is 19.2 Å². The second-order valence-electron chi connectivity index (χ2n) is 5.92. The molecule has 1 atom stereocenters. The van der Waals surface area contributed by atoms with E-state index in [-0.39, 0.29) is 18.4 Å². The maximum Gasteiger partial charge on any atom is 0.416 e. The molecule has 4 nitrogen and oxygen atoms in total. The number of hydrogen-bond donors (Lipinski definition) is 1. The molecule has 1 amide bonds. The minimum absolute atomic E-state index is 0.0283. The van der Waals surface area contributed by atoms with Gasteiger partial charge in [0.2, 0.25) is 5.91 Å². The fourth-order valence-electron chi connectivity index (χ4n) is 2.56. The predicted molar refractivity (Wildman–Crippen MR) is 99.3 cm³/mol. The van der Waals surface area contributed by atoms with Gasteiger partial charge in [0, 0.05) is 16.5 Å². The number of alkyl halides is 3. The lowest BCUT2D eigenvalue weighted by Crippen LogP contribution is -2.43. The molecule has 28 heavy (non-hydrogen) atoms. The van der Waals surface area contributed by atoms with Crippen LogP contribution in [0.3, 0.4) is 0 Å². The van der Waals surface area contributed by atoms with Crippen molar-refractivity contribution >= 4 is 35.1 Å². The third-order valence-electron chi connectivity index (χ3n) is 3.91. The quantitative estimate of drug-likeness (QED) is 0.684. The van der Waals surface area contributed by atoms with Crippen molar-refractivity contribution in [3.63, 3.8) is 0 Å². The Hall–Kier alpha value is -2.25. The molecule has 2 aromatic carbocycles. The molecule has 1 N–H and O–H groups in total. The maximum absolute atomic E-state index is 12.8. The first kappa shape index (κ1) is 22.0. The van der Waals surface area contributed by atoms with Gasteiger partial charge in [-0.15, -0.1) is 0 Å². The number of methoxy groups -OCH3 is 1. The molecule has 0 spiro atoms. The van der Waals surface area contributed by atoms with Gasteiger partial charge in [-0.1, -0.05) is 47.5 Å². The Labute approximate surface area is 169 Å². The third-order valence-corrected chi connectivity index (χ3v) is 4.62. The average Bonchev–Trinajstić information content (AvgIpc) is 2.62. The van der Waals surface area contributed by atoms with Crippen LogP contribution >= 0.6 is 23.2 Å². The van der Waals surface area contributed by atoms with Crippen molar-refractivity contribution in [2.75, 3.05) is 7.11 Å². The Morgan fingerprint density at radius 1 is 1.11 bits per heavy atom. The summed E-state index contributed by atoms with van der Waals surface area (Å²) in [7, 11) is 1.16. The van der Waals surface area contributed by atoms with E-state index >= 15 is 0 Å². The van der Waals surface area contributed by atoms with Crippen molar-refractivity contribution in [1.29, 1.82) is 0 Å². The zero-order valence-electron chi connectivity index (χ0n) is 14.6. The molecule has 2 aromatic rings. The third kappa shape index (κ3) is 5.87. The first-order chi connectivity index (χ1) is 13.1. The minimum Gasteiger partial charge on any atom is -0.467 e. The number of hydrogen-bond acceptors (Lipinski definition) is 3. The lowest BCUT2D eigenvalue weighted by molar-refractivity contribution is -0.145. The van der Waals surface area contributed by atoms with E-state index in [9.17, 15) is 22.8 Å². The average molecular weight is 434 g/mol. The Balaban J connectivity index is 2.15. The summed E-state index contributed by atoms with van der Waals surface area (Å²) in [5, 5.41) is 3.09. The highest BCUT2D eigenvalue weighted by Gasteiger charge is 2.30. The standard InChI is InChI=1S/C19H16Cl2F3NO3/c1-28-18(27)16(10-13-14(20)6-3-7-15(13)21)25-17(26)9-11-4-2-5-12(8-11)19(22,23)24/h2-8,16H,9-10H2,1H3,(H,25,26)/t16-/m0/s1. The minimum atomic E-state index is -4.51. The monoisotopic (exact) mass is 433 g/mol. The number of carbonyl (C=O) groups excluding carboxylic acids is 2. The molecule has 0 heterocycles. The van der Waals surface area contributed by atoms with E-state index < -0.39 is 29.7 Å². The summed E-state index contributed by atoms with van der Waals surface area (Å²) in [6.45, 7) is 0. The van der Waals surface area contributed by atoms with Crippen LogP contribution in [0, 0.1) is 0 Å². The summed E-state index contributed by atoms with van der Waals surface area (Å²) in [4.78, 5) is 24.3. The molecule has 0 aliphatic heterocycles. The number of esters is 1. The summed E-state index contributed by atoms with van der Waals surface area (Å²) < 4.78 is 43.1. The lowest BCUT2D eigenvalue weighted by atomic mass is 10.0. The van der Waals surface area contributed by atoms with Crippen LogP contribution in [0.4, 0.5) is 13.2 Å². The smallest absolute Gasteiger partial charge is 0.416 e. The van der Waals surface area contributed by atoms with Crippen LogP contribution in [0.2, 0.25) is 10.0 Å². The van der Waals surface area contributed by atoms with Crippen LogP contribution in [0.15, 0.2) is 42.5 Å². The zero-order chi connectivity index (χ0) is 20.9. The summed E-state index contributed by atoms with van der Waals surface area (Å²) in [5.41, 5.74) is -0.252. The highest BCUT2D eigenvalue weighted by atomic mass is 35.5. The summed E-state index contributed by atoms with van der Waals surface area (Å²) >= 11 is 12.2. The second-order valence-corrected chi connectivity index (χ2v) is 6.74. The number of benzene rings is 2. The number of carbonyl (C=O) groups is 2. The Bertz CT molecular complexity index is 851. The van der Waals surface area contributed by atoms with Crippen LogP contribution in [0.5, 0.6) is 0 Å². The van der Waals surface area contributed by atoms with E-state index in [0.29, 0.717) is 15.6 Å². The highest BCUT2D eigenvalue weighted by molar-refractivity contribution is 6.36. The van der Waals surface area contributed by atoms with Gasteiger partial charge in [-0.05, 0) is 29.3 Å². The van der Waals surface area contributed by atoms with E-state index in [4.69, 9.17) is 27.9 Å². The molecule has 0 radical (unpaired) electrons. The van der Waals surface area contributed by atoms with Crippen molar-refractivity contribution < 1.29 is 27.5 Å². The van der Waals surface area contributed by atoms with Crippen LogP contribution in [0.1, 0.15) is 16.7 Å². The lowest BCUT2D eigenvalue weighted by Gasteiger charge is -2.18. The zero-order valence-corrected chi connectivity index (χ0v) is 16.2. The maximum atomic E-state index is 12.8. The second kappa shape index (κ2) is 9.30. The molecular formula is C19H16Cl2F3NO3. The largest absolute Gasteiger partial charge is 0.467 e. The normalized spacial score (nSPS) is 12.4. The summed E-state index contributed by atoms with van der Waals surface area (Å²) in [6.07, 6.45) is -4.88. The molecule has 0 saturated heterocycles. The van der Waals surface area contributed by atoms with E-state index in [1.54, 1.807) is 18.2 Å². The van der Waals surface area contributed by atoms with Gasteiger partial charge >= 0.3 is 12.1 Å². The Morgan fingerprint density at radius 2 is 1.71 bits per heavy atom. The topological polar surface area (TPSA) is 55.4 Å². The molecule has 0 aliphatic carbocycles. The van der Waals surface area contributed by atoms with E-state index in [1.165, 1.54) is 12.1 Å². The number of halogens is 5. The molecule has 2 rings (SSSR count). The van der Waals surface area contributed by atoms with Crippen LogP contribution < -0.4 is 5.32 Å². The van der Waals surface area contributed by atoms with Gasteiger partial charge < -0.3 is 10.1 Å². The molecule has 0 fully saturated rings. The number of nitrogens with one attached hydrogen (secondary N) is 1. The molecule has 9 heteroatoms. The molecule has 0 bridgehead atoms. The van der Waals surface area contributed by atoms with Gasteiger partial charge in [0.05, 0.1) is 19.1 Å². The molecule has 0 unspecified atom stereocenters. The summed E-state index contributed by atoms with van der Waals surface area (Å²) in [6, 6.07) is 8.12. The molecule has 0 saturated carbocycles. The van der Waals surface area contributed by atoms with Gasteiger partial charge in [0.1, 0.15) is 6.04 Å². The van der Waals surface area contributed by atoms with Crippen molar-refractivity contribution in [2.24, 2.45) is 0 Å². The van der Waals surface area contributed by atoms with Crippen molar-refractivity contribution in [3.05, 3.63) is 69.2 Å². The van der Waals surface area contributed by atoms with Gasteiger partial charge in [-0.3, -0.25) is 4.79 Å². The van der Waals surface area contributed by atoms with E-state index in [1.807, 2.05) is 0 Å². The van der Waals surface area contributed by atoms with Gasteiger partial charge in [0.15, 0.2) is 0 Å². The molecule has 0 aliphatic rings. The van der Waals surface area contributed by atoms with E-state index in [2.05, 4.69) is 5.32 Å².